The number of nitrogens with zero attached hydrogens (tertiary/aromatic N) is 2. The van der Waals surface area contributed by atoms with Crippen LogP contribution < -0.4 is 11.3 Å². The molecule has 1 aromatic rings. The van der Waals surface area contributed by atoms with Crippen LogP contribution in [-0.2, 0) is 6.42 Å². The second kappa shape index (κ2) is 7.45. The maximum absolute atomic E-state index is 5.54. The lowest BCUT2D eigenvalue weighted by molar-refractivity contribution is 0.419. The van der Waals surface area contributed by atoms with Crippen molar-refractivity contribution in [1.29, 1.82) is 0 Å². The van der Waals surface area contributed by atoms with Crippen molar-refractivity contribution in [1.82, 2.24) is 15.2 Å². The van der Waals surface area contributed by atoms with Gasteiger partial charge in [0.2, 0.25) is 0 Å². The minimum Gasteiger partial charge on any atom is -0.271 e. The summed E-state index contributed by atoms with van der Waals surface area (Å²) >= 11 is 0. The maximum atomic E-state index is 5.54. The van der Waals surface area contributed by atoms with E-state index in [9.17, 15) is 0 Å². The molecule has 0 spiro atoms. The largest absolute Gasteiger partial charge is 0.271 e. The number of rotatable bonds is 8. The number of hydrazine groups is 1. The SMILES string of the molecule is CCCC(Cc1ccn(C(CC)CC)n1)NN. The molecule has 0 amide bonds. The van der Waals surface area contributed by atoms with E-state index in [4.69, 9.17) is 5.84 Å². The van der Waals surface area contributed by atoms with Crippen molar-refractivity contribution in [2.75, 3.05) is 0 Å². The van der Waals surface area contributed by atoms with Gasteiger partial charge in [-0.1, -0.05) is 27.2 Å². The highest BCUT2D eigenvalue weighted by atomic mass is 15.3. The van der Waals surface area contributed by atoms with Gasteiger partial charge in [0.1, 0.15) is 0 Å². The predicted octanol–water partition coefficient (Wildman–Crippen LogP) is 2.42. The molecule has 1 unspecified atom stereocenters. The number of hydrogen-bond acceptors (Lipinski definition) is 3. The van der Waals surface area contributed by atoms with Gasteiger partial charge < -0.3 is 0 Å². The topological polar surface area (TPSA) is 55.9 Å². The summed E-state index contributed by atoms with van der Waals surface area (Å²) in [5.41, 5.74) is 4.00. The molecule has 1 heterocycles. The lowest BCUT2D eigenvalue weighted by atomic mass is 10.1. The fraction of sp³-hybridized carbons (Fsp3) is 0.769. The lowest BCUT2D eigenvalue weighted by Gasteiger charge is -2.14. The van der Waals surface area contributed by atoms with Crippen LogP contribution in [0.25, 0.3) is 0 Å². The first-order valence-electron chi connectivity index (χ1n) is 6.75. The second-order valence-electron chi connectivity index (χ2n) is 4.61. The molecule has 0 bridgehead atoms. The fourth-order valence-electron chi connectivity index (χ4n) is 2.20. The van der Waals surface area contributed by atoms with Crippen molar-refractivity contribution in [2.24, 2.45) is 5.84 Å². The Kier molecular flexibility index (Phi) is 6.22. The summed E-state index contributed by atoms with van der Waals surface area (Å²) in [6, 6.07) is 2.97. The zero-order valence-corrected chi connectivity index (χ0v) is 11.3. The molecule has 4 heteroatoms. The van der Waals surface area contributed by atoms with Gasteiger partial charge in [0.05, 0.1) is 11.7 Å². The predicted molar refractivity (Wildman–Crippen MR) is 71.6 cm³/mol. The number of aromatic nitrogens is 2. The monoisotopic (exact) mass is 238 g/mol. The van der Waals surface area contributed by atoms with E-state index in [0.717, 1.165) is 37.8 Å². The molecule has 98 valence electrons. The molecule has 0 saturated heterocycles. The molecule has 4 nitrogen and oxygen atoms in total. The lowest BCUT2D eigenvalue weighted by Crippen LogP contribution is -2.36. The van der Waals surface area contributed by atoms with Crippen LogP contribution in [0.2, 0.25) is 0 Å². The van der Waals surface area contributed by atoms with Gasteiger partial charge in [-0.25, -0.2) is 0 Å². The number of hydrogen-bond donors (Lipinski definition) is 2. The average Bonchev–Trinajstić information content (AvgIpc) is 2.79. The van der Waals surface area contributed by atoms with Crippen LogP contribution in [0, 0.1) is 0 Å². The summed E-state index contributed by atoms with van der Waals surface area (Å²) in [5, 5.41) is 4.64. The smallest absolute Gasteiger partial charge is 0.0640 e. The van der Waals surface area contributed by atoms with E-state index in [0.29, 0.717) is 12.1 Å². The van der Waals surface area contributed by atoms with Crippen molar-refractivity contribution >= 4 is 0 Å². The Balaban J connectivity index is 2.60. The van der Waals surface area contributed by atoms with Gasteiger partial charge in [0.25, 0.3) is 0 Å². The molecule has 0 aliphatic rings. The molecule has 0 fully saturated rings. The standard InChI is InChI=1S/C13H26N4/c1-4-7-11(15-14)10-12-8-9-17(16-12)13(5-2)6-3/h8-9,11,13,15H,4-7,10,14H2,1-3H3. The minimum absolute atomic E-state index is 0.338. The Hall–Kier alpha value is -0.870. The molecular formula is C13H26N4. The van der Waals surface area contributed by atoms with Crippen molar-refractivity contribution in [2.45, 2.75) is 65.0 Å². The maximum Gasteiger partial charge on any atom is 0.0640 e. The van der Waals surface area contributed by atoms with Crippen LogP contribution in [0.15, 0.2) is 12.3 Å². The summed E-state index contributed by atoms with van der Waals surface area (Å²) in [7, 11) is 0. The van der Waals surface area contributed by atoms with Gasteiger partial charge in [0, 0.05) is 18.7 Å². The molecular weight excluding hydrogens is 212 g/mol. The van der Waals surface area contributed by atoms with E-state index in [2.05, 4.69) is 48.2 Å². The first-order chi connectivity index (χ1) is 8.24. The summed E-state index contributed by atoms with van der Waals surface area (Å²) in [6.45, 7) is 6.58. The molecule has 0 aliphatic heterocycles. The number of nitrogens with two attached hydrogens (primary N) is 1. The Bertz CT molecular complexity index is 304. The molecule has 17 heavy (non-hydrogen) atoms. The summed E-state index contributed by atoms with van der Waals surface area (Å²) in [6.07, 6.45) is 7.50. The highest BCUT2D eigenvalue weighted by Gasteiger charge is 2.11. The zero-order chi connectivity index (χ0) is 12.7. The van der Waals surface area contributed by atoms with E-state index < -0.39 is 0 Å². The van der Waals surface area contributed by atoms with Crippen LogP contribution in [0.4, 0.5) is 0 Å². The van der Waals surface area contributed by atoms with Crippen molar-refractivity contribution < 1.29 is 0 Å². The van der Waals surface area contributed by atoms with Gasteiger partial charge in [-0.15, -0.1) is 0 Å². The molecule has 0 radical (unpaired) electrons. The Morgan fingerprint density at radius 2 is 2.06 bits per heavy atom. The van der Waals surface area contributed by atoms with Gasteiger partial charge >= 0.3 is 0 Å². The highest BCUT2D eigenvalue weighted by molar-refractivity contribution is 5.02. The Labute approximate surface area is 105 Å². The molecule has 1 aromatic heterocycles. The average molecular weight is 238 g/mol. The van der Waals surface area contributed by atoms with Crippen LogP contribution in [-0.4, -0.2) is 15.8 Å². The molecule has 0 aliphatic carbocycles. The molecule has 0 saturated carbocycles. The van der Waals surface area contributed by atoms with Crippen molar-refractivity contribution in [3.05, 3.63) is 18.0 Å². The Morgan fingerprint density at radius 3 is 2.59 bits per heavy atom. The quantitative estimate of drug-likeness (QED) is 0.540. The third-order valence-electron chi connectivity index (χ3n) is 3.31. The third-order valence-corrected chi connectivity index (χ3v) is 3.31. The Morgan fingerprint density at radius 1 is 1.35 bits per heavy atom. The normalized spacial score (nSPS) is 13.2. The van der Waals surface area contributed by atoms with Crippen molar-refractivity contribution in [3.8, 4) is 0 Å². The van der Waals surface area contributed by atoms with E-state index in [1.165, 1.54) is 0 Å². The van der Waals surface area contributed by atoms with E-state index in [-0.39, 0.29) is 0 Å². The van der Waals surface area contributed by atoms with E-state index in [1.54, 1.807) is 0 Å². The highest BCUT2D eigenvalue weighted by Crippen LogP contribution is 2.15. The van der Waals surface area contributed by atoms with Crippen LogP contribution in [0.5, 0.6) is 0 Å². The van der Waals surface area contributed by atoms with E-state index in [1.807, 2.05) is 0 Å². The van der Waals surface area contributed by atoms with Gasteiger partial charge in [-0.3, -0.25) is 16.0 Å². The third kappa shape index (κ3) is 4.13. The summed E-state index contributed by atoms with van der Waals surface area (Å²) < 4.78 is 2.09. The minimum atomic E-state index is 0.338. The van der Waals surface area contributed by atoms with Crippen LogP contribution >= 0.6 is 0 Å². The van der Waals surface area contributed by atoms with E-state index >= 15 is 0 Å². The van der Waals surface area contributed by atoms with Crippen LogP contribution in [0.1, 0.15) is 58.2 Å². The molecule has 0 aromatic carbocycles. The molecule has 1 atom stereocenters. The first kappa shape index (κ1) is 14.2. The number of nitrogens with one attached hydrogen (secondary N) is 1. The van der Waals surface area contributed by atoms with Crippen molar-refractivity contribution in [3.63, 3.8) is 0 Å². The van der Waals surface area contributed by atoms with Gasteiger partial charge in [-0.2, -0.15) is 5.10 Å². The summed E-state index contributed by atoms with van der Waals surface area (Å²) in [4.78, 5) is 0. The van der Waals surface area contributed by atoms with Gasteiger partial charge in [-0.05, 0) is 25.3 Å². The second-order valence-corrected chi connectivity index (χ2v) is 4.61. The first-order valence-corrected chi connectivity index (χ1v) is 6.75. The molecule has 1 rings (SSSR count). The van der Waals surface area contributed by atoms with Crippen LogP contribution in [0.3, 0.4) is 0 Å². The fourth-order valence-corrected chi connectivity index (χ4v) is 2.20. The zero-order valence-electron chi connectivity index (χ0n) is 11.3. The van der Waals surface area contributed by atoms with Gasteiger partial charge in [0.15, 0.2) is 0 Å². The molecule has 3 N–H and O–H groups in total. The summed E-state index contributed by atoms with van der Waals surface area (Å²) in [5.74, 6) is 5.54.